The van der Waals surface area contributed by atoms with Crippen molar-refractivity contribution in [3.63, 3.8) is 0 Å². The molecular formula is C10H20N2. The van der Waals surface area contributed by atoms with Crippen LogP contribution in [0.4, 0.5) is 0 Å². The maximum atomic E-state index is 5.26. The molecule has 0 spiro atoms. The summed E-state index contributed by atoms with van der Waals surface area (Å²) in [6.07, 6.45) is 6.87. The Kier molecular flexibility index (Phi) is 6.44. The van der Waals surface area contributed by atoms with E-state index in [1.165, 1.54) is 19.0 Å². The van der Waals surface area contributed by atoms with E-state index >= 15 is 0 Å². The Bertz CT molecular complexity index is 159. The van der Waals surface area contributed by atoms with E-state index in [9.17, 15) is 0 Å². The van der Waals surface area contributed by atoms with Gasteiger partial charge in [0.05, 0.1) is 0 Å². The molecule has 0 saturated heterocycles. The first kappa shape index (κ1) is 11.2. The Morgan fingerprint density at radius 2 is 2.17 bits per heavy atom. The highest BCUT2D eigenvalue weighted by Crippen LogP contribution is 2.06. The van der Waals surface area contributed by atoms with Crippen LogP contribution in [0.1, 0.15) is 40.0 Å². The molecule has 0 aromatic rings. The van der Waals surface area contributed by atoms with Crippen molar-refractivity contribution < 1.29 is 0 Å². The number of hydrogen-bond acceptors (Lipinski definition) is 2. The van der Waals surface area contributed by atoms with Gasteiger partial charge in [-0.05, 0) is 32.0 Å². The van der Waals surface area contributed by atoms with Crippen molar-refractivity contribution in [3.8, 4) is 0 Å². The smallest absolute Gasteiger partial charge is 0.0500 e. The predicted molar refractivity (Wildman–Crippen MR) is 55.4 cm³/mol. The predicted octanol–water partition coefficient (Wildman–Crippen LogP) is 2.50. The van der Waals surface area contributed by atoms with Crippen molar-refractivity contribution in [1.29, 1.82) is 0 Å². The van der Waals surface area contributed by atoms with Gasteiger partial charge in [0.15, 0.2) is 0 Å². The lowest BCUT2D eigenvalue weighted by Gasteiger charge is -2.08. The topological polar surface area (TPSA) is 38.4 Å². The van der Waals surface area contributed by atoms with Gasteiger partial charge in [-0.1, -0.05) is 20.3 Å². The molecule has 0 bridgehead atoms. The van der Waals surface area contributed by atoms with Crippen LogP contribution in [0.15, 0.2) is 17.3 Å². The van der Waals surface area contributed by atoms with E-state index < -0.39 is 0 Å². The third kappa shape index (κ3) is 4.94. The standard InChI is InChI=1S/C10H20N2/c1-4-6-10(5-2)12-9(3)7-8-11/h7-8,10H,4-6,11H2,1-3H3. The zero-order valence-corrected chi connectivity index (χ0v) is 8.38. The molecule has 0 saturated carbocycles. The van der Waals surface area contributed by atoms with Crippen LogP contribution in [-0.4, -0.2) is 11.8 Å². The number of hydrogen-bond donors (Lipinski definition) is 1. The molecule has 0 aliphatic rings. The van der Waals surface area contributed by atoms with E-state index in [2.05, 4.69) is 18.8 Å². The maximum Gasteiger partial charge on any atom is 0.0500 e. The minimum atomic E-state index is 0.478. The molecule has 0 aliphatic heterocycles. The molecule has 0 fully saturated rings. The number of nitrogens with zero attached hydrogens (tertiary/aromatic N) is 1. The Labute approximate surface area is 75.6 Å². The van der Waals surface area contributed by atoms with E-state index in [1.54, 1.807) is 0 Å². The van der Waals surface area contributed by atoms with Gasteiger partial charge in [-0.3, -0.25) is 4.99 Å². The van der Waals surface area contributed by atoms with Crippen LogP contribution in [0.3, 0.4) is 0 Å². The summed E-state index contributed by atoms with van der Waals surface area (Å²) in [4.78, 5) is 4.52. The summed E-state index contributed by atoms with van der Waals surface area (Å²) in [6, 6.07) is 0.478. The quantitative estimate of drug-likeness (QED) is 0.629. The van der Waals surface area contributed by atoms with Gasteiger partial charge in [0.2, 0.25) is 0 Å². The first-order valence-corrected chi connectivity index (χ1v) is 4.67. The lowest BCUT2D eigenvalue weighted by atomic mass is 10.1. The number of aliphatic imine (C=N–C) groups is 1. The summed E-state index contributed by atoms with van der Waals surface area (Å²) in [7, 11) is 0. The zero-order valence-electron chi connectivity index (χ0n) is 8.38. The molecule has 0 aliphatic carbocycles. The molecule has 2 nitrogen and oxygen atoms in total. The summed E-state index contributed by atoms with van der Waals surface area (Å²) in [5.41, 5.74) is 6.28. The number of rotatable bonds is 5. The van der Waals surface area contributed by atoms with Crippen molar-refractivity contribution in [2.24, 2.45) is 10.7 Å². The van der Waals surface area contributed by atoms with Crippen LogP contribution in [-0.2, 0) is 0 Å². The lowest BCUT2D eigenvalue weighted by molar-refractivity contribution is 0.589. The molecular weight excluding hydrogens is 148 g/mol. The second-order valence-corrected chi connectivity index (χ2v) is 2.98. The summed E-state index contributed by atoms with van der Waals surface area (Å²) in [5, 5.41) is 0. The molecule has 1 atom stereocenters. The van der Waals surface area contributed by atoms with Gasteiger partial charge in [0, 0.05) is 11.8 Å². The molecule has 70 valence electrons. The minimum Gasteiger partial charge on any atom is -0.405 e. The first-order valence-electron chi connectivity index (χ1n) is 4.67. The minimum absolute atomic E-state index is 0.478. The highest BCUT2D eigenvalue weighted by molar-refractivity contribution is 5.92. The normalized spacial score (nSPS) is 15.4. The highest BCUT2D eigenvalue weighted by atomic mass is 14.8. The molecule has 0 radical (unpaired) electrons. The summed E-state index contributed by atoms with van der Waals surface area (Å²) in [5.74, 6) is 0. The molecule has 0 aromatic heterocycles. The Morgan fingerprint density at radius 1 is 1.50 bits per heavy atom. The fourth-order valence-corrected chi connectivity index (χ4v) is 1.16. The number of allylic oxidation sites excluding steroid dienone is 1. The molecule has 2 heteroatoms. The summed E-state index contributed by atoms with van der Waals surface area (Å²) >= 11 is 0. The number of nitrogens with two attached hydrogens (primary N) is 1. The average Bonchev–Trinajstić information content (AvgIpc) is 2.04. The second kappa shape index (κ2) is 6.89. The van der Waals surface area contributed by atoms with Crippen LogP contribution in [0, 0.1) is 0 Å². The monoisotopic (exact) mass is 168 g/mol. The van der Waals surface area contributed by atoms with Crippen LogP contribution in [0.25, 0.3) is 0 Å². The SMILES string of the molecule is CCCC(CC)N=C(C)C=CN. The Hall–Kier alpha value is -0.790. The fourth-order valence-electron chi connectivity index (χ4n) is 1.16. The molecule has 0 rings (SSSR count). The van der Waals surface area contributed by atoms with Crippen LogP contribution < -0.4 is 5.73 Å². The molecule has 1 unspecified atom stereocenters. The summed E-state index contributed by atoms with van der Waals surface area (Å²) < 4.78 is 0. The third-order valence-electron chi connectivity index (χ3n) is 1.82. The molecule has 0 aromatic carbocycles. The zero-order chi connectivity index (χ0) is 9.40. The molecule has 0 amide bonds. The fraction of sp³-hybridized carbons (Fsp3) is 0.700. The summed E-state index contributed by atoms with van der Waals surface area (Å²) in [6.45, 7) is 6.34. The van der Waals surface area contributed by atoms with Gasteiger partial charge in [0.1, 0.15) is 0 Å². The van der Waals surface area contributed by atoms with Gasteiger partial charge in [-0.2, -0.15) is 0 Å². The van der Waals surface area contributed by atoms with Gasteiger partial charge < -0.3 is 5.73 Å². The molecule has 12 heavy (non-hydrogen) atoms. The average molecular weight is 168 g/mol. The lowest BCUT2D eigenvalue weighted by Crippen LogP contribution is -2.04. The molecule has 0 heterocycles. The van der Waals surface area contributed by atoms with Gasteiger partial charge in [-0.25, -0.2) is 0 Å². The van der Waals surface area contributed by atoms with E-state index in [1.807, 2.05) is 13.0 Å². The van der Waals surface area contributed by atoms with Crippen molar-refractivity contribution in [2.75, 3.05) is 0 Å². The highest BCUT2D eigenvalue weighted by Gasteiger charge is 2.00. The van der Waals surface area contributed by atoms with E-state index in [0.717, 1.165) is 12.1 Å². The van der Waals surface area contributed by atoms with Crippen molar-refractivity contribution in [1.82, 2.24) is 0 Å². The van der Waals surface area contributed by atoms with Crippen LogP contribution in [0.2, 0.25) is 0 Å². The van der Waals surface area contributed by atoms with E-state index in [-0.39, 0.29) is 0 Å². The maximum absolute atomic E-state index is 5.26. The van der Waals surface area contributed by atoms with Gasteiger partial charge in [0.25, 0.3) is 0 Å². The van der Waals surface area contributed by atoms with Crippen LogP contribution in [0.5, 0.6) is 0 Å². The van der Waals surface area contributed by atoms with Crippen molar-refractivity contribution in [3.05, 3.63) is 12.3 Å². The van der Waals surface area contributed by atoms with Gasteiger partial charge >= 0.3 is 0 Å². The second-order valence-electron chi connectivity index (χ2n) is 2.98. The van der Waals surface area contributed by atoms with Gasteiger partial charge in [-0.15, -0.1) is 0 Å². The largest absolute Gasteiger partial charge is 0.405 e. The molecule has 2 N–H and O–H groups in total. The Balaban J connectivity index is 4.04. The van der Waals surface area contributed by atoms with Crippen molar-refractivity contribution >= 4 is 5.71 Å². The van der Waals surface area contributed by atoms with E-state index in [0.29, 0.717) is 6.04 Å². The van der Waals surface area contributed by atoms with E-state index in [4.69, 9.17) is 5.73 Å². The third-order valence-corrected chi connectivity index (χ3v) is 1.82. The van der Waals surface area contributed by atoms with Crippen LogP contribution >= 0.6 is 0 Å². The first-order chi connectivity index (χ1) is 5.74. The van der Waals surface area contributed by atoms with Crippen molar-refractivity contribution in [2.45, 2.75) is 46.1 Å². The Morgan fingerprint density at radius 3 is 2.58 bits per heavy atom.